The van der Waals surface area contributed by atoms with Crippen LogP contribution in [0.5, 0.6) is 0 Å². The molecule has 2 N–H and O–H groups in total. The average molecular weight is 295 g/mol. The van der Waals surface area contributed by atoms with E-state index < -0.39 is 17.3 Å². The Morgan fingerprint density at radius 3 is 2.70 bits per heavy atom. The number of halogens is 1. The summed E-state index contributed by atoms with van der Waals surface area (Å²) >= 11 is 1.32. The van der Waals surface area contributed by atoms with Gasteiger partial charge in [0.05, 0.1) is 5.69 Å². The van der Waals surface area contributed by atoms with Crippen molar-refractivity contribution in [2.45, 2.75) is 26.2 Å². The molecule has 0 aromatic carbocycles. The summed E-state index contributed by atoms with van der Waals surface area (Å²) in [6.45, 7) is 6.07. The fourth-order valence-corrected chi connectivity index (χ4v) is 2.41. The molecule has 20 heavy (non-hydrogen) atoms. The number of anilines is 2. The molecule has 5 nitrogen and oxygen atoms in total. The van der Waals surface area contributed by atoms with Crippen LogP contribution >= 0.6 is 11.3 Å². The first-order valence-corrected chi connectivity index (χ1v) is 6.78. The number of aromatic carboxylic acids is 1. The molecule has 2 rings (SSSR count). The van der Waals surface area contributed by atoms with Crippen LogP contribution in [0.4, 0.5) is 15.3 Å². The van der Waals surface area contributed by atoms with Crippen molar-refractivity contribution in [2.75, 3.05) is 5.32 Å². The number of hydrogen-bond acceptors (Lipinski definition) is 5. The van der Waals surface area contributed by atoms with Crippen molar-refractivity contribution in [3.63, 3.8) is 0 Å². The molecule has 2 aromatic heterocycles. The number of carbonyl (C=O) groups is 1. The van der Waals surface area contributed by atoms with Crippen LogP contribution < -0.4 is 5.32 Å². The largest absolute Gasteiger partial charge is 0.478 e. The van der Waals surface area contributed by atoms with Crippen molar-refractivity contribution in [3.8, 4) is 0 Å². The van der Waals surface area contributed by atoms with Gasteiger partial charge in [0.15, 0.2) is 16.8 Å². The smallest absolute Gasteiger partial charge is 0.338 e. The van der Waals surface area contributed by atoms with Gasteiger partial charge in [-0.2, -0.15) is 0 Å². The quantitative estimate of drug-likeness (QED) is 0.907. The lowest BCUT2D eigenvalue weighted by Crippen LogP contribution is -2.11. The molecule has 0 aliphatic heterocycles. The molecule has 0 amide bonds. The Labute approximate surface area is 119 Å². The standard InChI is InChI=1S/C13H14FN3O2S/c1-13(2,3)8-6-20-12(16-8)17-10-9(14)7(11(18)19)4-5-15-10/h4-6H,1-3H3,(H,18,19)(H,15,16,17). The molecule has 0 bridgehead atoms. The third kappa shape index (κ3) is 2.93. The van der Waals surface area contributed by atoms with Gasteiger partial charge in [-0.15, -0.1) is 11.3 Å². The molecule has 0 aliphatic rings. The highest BCUT2D eigenvalue weighted by Crippen LogP contribution is 2.28. The van der Waals surface area contributed by atoms with Crippen molar-refractivity contribution in [3.05, 3.63) is 34.7 Å². The Morgan fingerprint density at radius 1 is 1.45 bits per heavy atom. The van der Waals surface area contributed by atoms with Crippen LogP contribution in [-0.4, -0.2) is 21.0 Å². The molecule has 2 heterocycles. The normalized spacial score (nSPS) is 11.4. The first-order chi connectivity index (χ1) is 9.29. The third-order valence-corrected chi connectivity index (χ3v) is 3.38. The van der Waals surface area contributed by atoms with Crippen LogP contribution in [-0.2, 0) is 5.41 Å². The molecule has 0 atom stereocenters. The molecule has 0 fully saturated rings. The van der Waals surface area contributed by atoms with Crippen LogP contribution in [0, 0.1) is 5.82 Å². The highest BCUT2D eigenvalue weighted by atomic mass is 32.1. The second kappa shape index (κ2) is 5.16. The fraction of sp³-hybridized carbons (Fsp3) is 0.308. The molecular formula is C13H14FN3O2S. The minimum absolute atomic E-state index is 0.106. The van der Waals surface area contributed by atoms with Crippen LogP contribution in [0.2, 0.25) is 0 Å². The van der Waals surface area contributed by atoms with Gasteiger partial charge in [0.25, 0.3) is 0 Å². The van der Waals surface area contributed by atoms with E-state index in [0.29, 0.717) is 5.13 Å². The van der Waals surface area contributed by atoms with Gasteiger partial charge >= 0.3 is 5.97 Å². The Balaban J connectivity index is 2.29. The second-order valence-corrected chi connectivity index (χ2v) is 6.10. The summed E-state index contributed by atoms with van der Waals surface area (Å²) in [6, 6.07) is 1.12. The molecule has 0 unspecified atom stereocenters. The van der Waals surface area contributed by atoms with Crippen LogP contribution in [0.1, 0.15) is 36.8 Å². The van der Waals surface area contributed by atoms with Crippen molar-refractivity contribution in [2.24, 2.45) is 0 Å². The van der Waals surface area contributed by atoms with Crippen LogP contribution in [0.15, 0.2) is 17.6 Å². The van der Waals surface area contributed by atoms with Gasteiger partial charge in [-0.3, -0.25) is 0 Å². The minimum atomic E-state index is -1.33. The predicted octanol–water partition coefficient (Wildman–Crippen LogP) is 3.42. The topological polar surface area (TPSA) is 75.1 Å². The lowest BCUT2D eigenvalue weighted by atomic mass is 9.93. The average Bonchev–Trinajstić information content (AvgIpc) is 2.80. The van der Waals surface area contributed by atoms with Gasteiger partial charge in [-0.25, -0.2) is 19.2 Å². The van der Waals surface area contributed by atoms with E-state index >= 15 is 0 Å². The summed E-state index contributed by atoms with van der Waals surface area (Å²) in [7, 11) is 0. The summed E-state index contributed by atoms with van der Waals surface area (Å²) in [6.07, 6.45) is 1.24. The van der Waals surface area contributed by atoms with Gasteiger partial charge in [-0.05, 0) is 6.07 Å². The highest BCUT2D eigenvalue weighted by Gasteiger charge is 2.19. The van der Waals surface area contributed by atoms with Crippen molar-refractivity contribution >= 4 is 28.3 Å². The van der Waals surface area contributed by atoms with Crippen molar-refractivity contribution in [1.29, 1.82) is 0 Å². The number of nitrogens with one attached hydrogen (secondary N) is 1. The van der Waals surface area contributed by atoms with Gasteiger partial charge < -0.3 is 10.4 Å². The zero-order valence-corrected chi connectivity index (χ0v) is 12.1. The summed E-state index contributed by atoms with van der Waals surface area (Å²) in [5.74, 6) is -2.37. The predicted molar refractivity (Wildman–Crippen MR) is 75.3 cm³/mol. The van der Waals surface area contributed by atoms with E-state index in [9.17, 15) is 9.18 Å². The second-order valence-electron chi connectivity index (χ2n) is 5.24. The number of nitrogens with zero attached hydrogens (tertiary/aromatic N) is 2. The fourth-order valence-electron chi connectivity index (χ4n) is 1.47. The number of aromatic nitrogens is 2. The number of carboxylic acid groups (broad SMARTS) is 1. The SMILES string of the molecule is CC(C)(C)c1csc(Nc2nccc(C(=O)O)c2F)n1. The molecule has 0 radical (unpaired) electrons. The molecule has 0 aliphatic carbocycles. The van der Waals surface area contributed by atoms with Crippen LogP contribution in [0.25, 0.3) is 0 Å². The molecule has 106 valence electrons. The van der Waals surface area contributed by atoms with E-state index in [1.54, 1.807) is 0 Å². The maximum Gasteiger partial charge on any atom is 0.338 e. The van der Waals surface area contributed by atoms with Gasteiger partial charge in [0, 0.05) is 17.0 Å². The van der Waals surface area contributed by atoms with Crippen molar-refractivity contribution < 1.29 is 14.3 Å². The summed E-state index contributed by atoms with van der Waals surface area (Å²) in [5.41, 5.74) is 0.348. The van der Waals surface area contributed by atoms with Gasteiger partial charge in [-0.1, -0.05) is 20.8 Å². The molecule has 0 saturated carbocycles. The van der Waals surface area contributed by atoms with E-state index in [1.165, 1.54) is 17.5 Å². The first kappa shape index (κ1) is 14.4. The zero-order valence-electron chi connectivity index (χ0n) is 11.3. The Morgan fingerprint density at radius 2 is 2.15 bits per heavy atom. The van der Waals surface area contributed by atoms with E-state index in [4.69, 9.17) is 5.11 Å². The molecule has 0 saturated heterocycles. The first-order valence-electron chi connectivity index (χ1n) is 5.90. The van der Waals surface area contributed by atoms with Crippen LogP contribution in [0.3, 0.4) is 0 Å². The summed E-state index contributed by atoms with van der Waals surface area (Å²) in [4.78, 5) is 19.0. The number of thiazole rings is 1. The minimum Gasteiger partial charge on any atom is -0.478 e. The number of carboxylic acids is 1. The maximum atomic E-state index is 13.9. The molecule has 2 aromatic rings. The van der Waals surface area contributed by atoms with Crippen molar-refractivity contribution in [1.82, 2.24) is 9.97 Å². The lowest BCUT2D eigenvalue weighted by molar-refractivity contribution is 0.0692. The zero-order chi connectivity index (χ0) is 14.9. The number of rotatable bonds is 3. The summed E-state index contributed by atoms with van der Waals surface area (Å²) < 4.78 is 13.9. The monoisotopic (exact) mass is 295 g/mol. The molecule has 7 heteroatoms. The highest BCUT2D eigenvalue weighted by molar-refractivity contribution is 7.13. The van der Waals surface area contributed by atoms with E-state index in [2.05, 4.69) is 15.3 Å². The third-order valence-electron chi connectivity index (χ3n) is 2.62. The van der Waals surface area contributed by atoms with E-state index in [1.807, 2.05) is 26.2 Å². The summed E-state index contributed by atoms with van der Waals surface area (Å²) in [5, 5.41) is 13.9. The van der Waals surface area contributed by atoms with E-state index in [-0.39, 0.29) is 11.2 Å². The Kier molecular flexibility index (Phi) is 3.71. The maximum absolute atomic E-state index is 13.9. The number of hydrogen-bond donors (Lipinski definition) is 2. The van der Waals surface area contributed by atoms with E-state index in [0.717, 1.165) is 11.8 Å². The van der Waals surface area contributed by atoms with Gasteiger partial charge in [0.2, 0.25) is 0 Å². The molecule has 0 spiro atoms. The van der Waals surface area contributed by atoms with Gasteiger partial charge in [0.1, 0.15) is 5.56 Å². The lowest BCUT2D eigenvalue weighted by Gasteiger charge is -2.14. The molecular weight excluding hydrogens is 281 g/mol. The Bertz CT molecular complexity index is 649. The number of pyridine rings is 1. The Hall–Kier alpha value is -2.02.